The van der Waals surface area contributed by atoms with Crippen molar-refractivity contribution in [3.63, 3.8) is 0 Å². The van der Waals surface area contributed by atoms with E-state index >= 15 is 0 Å². The Hall–Kier alpha value is -1.38. The number of pyridine rings is 1. The third-order valence-electron chi connectivity index (χ3n) is 5.50. The second kappa shape index (κ2) is 8.75. The molecule has 1 aliphatic heterocycles. The first-order chi connectivity index (χ1) is 13.3. The van der Waals surface area contributed by atoms with Crippen molar-refractivity contribution in [1.29, 1.82) is 0 Å². The van der Waals surface area contributed by atoms with Crippen LogP contribution in [0.15, 0.2) is 29.8 Å². The van der Waals surface area contributed by atoms with Crippen LogP contribution in [0.3, 0.4) is 0 Å². The number of ether oxygens (including phenoxy) is 2. The smallest absolute Gasteiger partial charge is 0.142 e. The molecule has 1 N–H and O–H groups in total. The average molecular weight is 389 g/mol. The Kier molecular flexibility index (Phi) is 6.14. The normalized spacial score (nSPS) is 26.0. The summed E-state index contributed by atoms with van der Waals surface area (Å²) in [6.07, 6.45) is 4.41. The molecule has 0 amide bonds. The highest BCUT2D eigenvalue weighted by Crippen LogP contribution is 2.40. The molecule has 0 spiro atoms. The number of thiazole rings is 1. The average Bonchev–Trinajstić information content (AvgIpc) is 3.16. The predicted octanol–water partition coefficient (Wildman–Crippen LogP) is 2.56. The highest BCUT2D eigenvalue weighted by atomic mass is 32.1. The molecule has 1 saturated carbocycles. The zero-order valence-electron chi connectivity index (χ0n) is 15.9. The first-order valence-electron chi connectivity index (χ1n) is 9.80. The molecule has 0 bridgehead atoms. The van der Waals surface area contributed by atoms with Crippen molar-refractivity contribution < 1.29 is 9.47 Å². The largest absolute Gasteiger partial charge is 0.379 e. The van der Waals surface area contributed by atoms with E-state index in [1.807, 2.05) is 24.4 Å². The lowest BCUT2D eigenvalue weighted by Gasteiger charge is -2.55. The Morgan fingerprint density at radius 2 is 2.19 bits per heavy atom. The maximum atomic E-state index is 5.84. The van der Waals surface area contributed by atoms with Gasteiger partial charge >= 0.3 is 0 Å². The standard InChI is InChI=1S/C20H28N4O2S/c1-2-26-17-11-20(12-17,24-7-9-25-10-8-24)15-21-13-16-14-27-19(23-16)18-5-3-4-6-22-18/h3-6,14,17,21H,2,7-13,15H2,1H3. The van der Waals surface area contributed by atoms with Crippen LogP contribution in [-0.4, -0.2) is 66.0 Å². The summed E-state index contributed by atoms with van der Waals surface area (Å²) < 4.78 is 11.4. The van der Waals surface area contributed by atoms with Gasteiger partial charge in [-0.3, -0.25) is 9.88 Å². The topological polar surface area (TPSA) is 59.5 Å². The van der Waals surface area contributed by atoms with Crippen LogP contribution < -0.4 is 5.32 Å². The molecule has 2 aliphatic rings. The fourth-order valence-electron chi connectivity index (χ4n) is 4.11. The lowest BCUT2D eigenvalue weighted by atomic mass is 9.72. The van der Waals surface area contributed by atoms with E-state index in [9.17, 15) is 0 Å². The molecule has 4 rings (SSSR count). The molecule has 0 unspecified atom stereocenters. The van der Waals surface area contributed by atoms with E-state index < -0.39 is 0 Å². The van der Waals surface area contributed by atoms with E-state index in [2.05, 4.69) is 27.5 Å². The van der Waals surface area contributed by atoms with E-state index in [-0.39, 0.29) is 5.54 Å². The molecule has 2 aromatic heterocycles. The van der Waals surface area contributed by atoms with Crippen molar-refractivity contribution in [2.75, 3.05) is 39.5 Å². The molecule has 2 aromatic rings. The molecular formula is C20H28N4O2S. The number of hydrogen-bond acceptors (Lipinski definition) is 7. The van der Waals surface area contributed by atoms with Gasteiger partial charge < -0.3 is 14.8 Å². The van der Waals surface area contributed by atoms with E-state index in [0.717, 1.165) is 75.2 Å². The Morgan fingerprint density at radius 3 is 2.93 bits per heavy atom. The maximum absolute atomic E-state index is 5.84. The Labute approximate surface area is 164 Å². The maximum Gasteiger partial charge on any atom is 0.142 e. The van der Waals surface area contributed by atoms with Gasteiger partial charge in [-0.2, -0.15) is 0 Å². The minimum absolute atomic E-state index is 0.198. The van der Waals surface area contributed by atoms with Gasteiger partial charge in [-0.1, -0.05) is 6.07 Å². The number of morpholine rings is 1. The fourth-order valence-corrected chi connectivity index (χ4v) is 4.91. The van der Waals surface area contributed by atoms with Crippen LogP contribution >= 0.6 is 11.3 Å². The molecule has 7 heteroatoms. The van der Waals surface area contributed by atoms with Gasteiger partial charge in [0, 0.05) is 49.9 Å². The Balaban J connectivity index is 1.34. The van der Waals surface area contributed by atoms with Crippen molar-refractivity contribution in [2.24, 2.45) is 0 Å². The summed E-state index contributed by atoms with van der Waals surface area (Å²) in [5, 5.41) is 6.76. The number of aromatic nitrogens is 2. The van der Waals surface area contributed by atoms with Crippen LogP contribution in [0, 0.1) is 0 Å². The number of nitrogens with zero attached hydrogens (tertiary/aromatic N) is 3. The minimum Gasteiger partial charge on any atom is -0.379 e. The van der Waals surface area contributed by atoms with Crippen LogP contribution in [0.4, 0.5) is 0 Å². The number of nitrogens with one attached hydrogen (secondary N) is 1. The van der Waals surface area contributed by atoms with Crippen LogP contribution in [-0.2, 0) is 16.0 Å². The van der Waals surface area contributed by atoms with Gasteiger partial charge in [0.05, 0.1) is 30.7 Å². The van der Waals surface area contributed by atoms with E-state index in [0.29, 0.717) is 6.10 Å². The Bertz CT molecular complexity index is 712. The highest BCUT2D eigenvalue weighted by Gasteiger charge is 2.48. The first-order valence-corrected chi connectivity index (χ1v) is 10.7. The summed E-state index contributed by atoms with van der Waals surface area (Å²) in [5.74, 6) is 0. The summed E-state index contributed by atoms with van der Waals surface area (Å²) in [6, 6.07) is 5.93. The lowest BCUT2D eigenvalue weighted by molar-refractivity contribution is -0.125. The molecule has 6 nitrogen and oxygen atoms in total. The van der Waals surface area contributed by atoms with Gasteiger partial charge in [0.2, 0.25) is 0 Å². The van der Waals surface area contributed by atoms with Gasteiger partial charge in [0.25, 0.3) is 0 Å². The summed E-state index contributed by atoms with van der Waals surface area (Å²) in [4.78, 5) is 11.7. The molecular weight excluding hydrogens is 360 g/mol. The van der Waals surface area contributed by atoms with Crippen LogP contribution in [0.1, 0.15) is 25.5 Å². The van der Waals surface area contributed by atoms with Crippen LogP contribution in [0.5, 0.6) is 0 Å². The zero-order valence-corrected chi connectivity index (χ0v) is 16.7. The minimum atomic E-state index is 0.198. The number of hydrogen-bond donors (Lipinski definition) is 1. The van der Waals surface area contributed by atoms with Crippen LogP contribution in [0.2, 0.25) is 0 Å². The van der Waals surface area contributed by atoms with Crippen molar-refractivity contribution in [3.05, 3.63) is 35.5 Å². The van der Waals surface area contributed by atoms with E-state index in [1.54, 1.807) is 11.3 Å². The predicted molar refractivity (Wildman–Crippen MR) is 107 cm³/mol. The van der Waals surface area contributed by atoms with Crippen molar-refractivity contribution >= 4 is 11.3 Å². The fraction of sp³-hybridized carbons (Fsp3) is 0.600. The molecule has 1 aliphatic carbocycles. The molecule has 0 radical (unpaired) electrons. The van der Waals surface area contributed by atoms with Gasteiger partial charge in [-0.15, -0.1) is 11.3 Å². The van der Waals surface area contributed by atoms with E-state index in [1.165, 1.54) is 0 Å². The second-order valence-electron chi connectivity index (χ2n) is 7.27. The highest BCUT2D eigenvalue weighted by molar-refractivity contribution is 7.13. The lowest BCUT2D eigenvalue weighted by Crippen LogP contribution is -2.66. The summed E-state index contributed by atoms with van der Waals surface area (Å²) >= 11 is 1.65. The van der Waals surface area contributed by atoms with Gasteiger partial charge in [0.1, 0.15) is 5.01 Å². The quantitative estimate of drug-likeness (QED) is 0.750. The summed E-state index contributed by atoms with van der Waals surface area (Å²) in [7, 11) is 0. The molecule has 146 valence electrons. The molecule has 0 atom stereocenters. The molecule has 0 aromatic carbocycles. The van der Waals surface area contributed by atoms with Gasteiger partial charge in [0.15, 0.2) is 0 Å². The molecule has 3 heterocycles. The Morgan fingerprint density at radius 1 is 1.33 bits per heavy atom. The van der Waals surface area contributed by atoms with Crippen molar-refractivity contribution in [1.82, 2.24) is 20.2 Å². The SMILES string of the molecule is CCOC1CC(CNCc2csc(-c3ccccn3)n2)(N2CCOCC2)C1. The third kappa shape index (κ3) is 4.38. The van der Waals surface area contributed by atoms with Gasteiger partial charge in [-0.05, 0) is 31.9 Å². The zero-order chi connectivity index (χ0) is 18.5. The van der Waals surface area contributed by atoms with Gasteiger partial charge in [-0.25, -0.2) is 4.98 Å². The molecule has 2 fully saturated rings. The molecule has 1 saturated heterocycles. The monoisotopic (exact) mass is 388 g/mol. The number of rotatable bonds is 8. The third-order valence-corrected chi connectivity index (χ3v) is 6.41. The summed E-state index contributed by atoms with van der Waals surface area (Å²) in [6.45, 7) is 8.33. The van der Waals surface area contributed by atoms with Crippen LogP contribution in [0.25, 0.3) is 10.7 Å². The second-order valence-corrected chi connectivity index (χ2v) is 8.13. The first kappa shape index (κ1) is 19.0. The van der Waals surface area contributed by atoms with Crippen molar-refractivity contribution in [3.8, 4) is 10.7 Å². The summed E-state index contributed by atoms with van der Waals surface area (Å²) in [5.41, 5.74) is 2.22. The molecule has 27 heavy (non-hydrogen) atoms. The van der Waals surface area contributed by atoms with Crippen molar-refractivity contribution in [2.45, 2.75) is 38.0 Å². The van der Waals surface area contributed by atoms with E-state index in [4.69, 9.17) is 14.5 Å².